The van der Waals surface area contributed by atoms with Crippen LogP contribution in [0.25, 0.3) is 0 Å². The molecule has 1 aliphatic rings. The maximum atomic E-state index is 5.63. The van der Waals surface area contributed by atoms with Gasteiger partial charge in [0.15, 0.2) is 0 Å². The highest BCUT2D eigenvalue weighted by atomic mass is 16.5. The quantitative estimate of drug-likeness (QED) is 0.623. The van der Waals surface area contributed by atoms with E-state index in [4.69, 9.17) is 4.74 Å². The van der Waals surface area contributed by atoms with Gasteiger partial charge < -0.3 is 10.1 Å². The second-order valence-corrected chi connectivity index (χ2v) is 3.86. The lowest BCUT2D eigenvalue weighted by Crippen LogP contribution is -2.58. The second-order valence-electron chi connectivity index (χ2n) is 3.86. The number of hydrogen-bond donors (Lipinski definition) is 1. The molecule has 0 saturated carbocycles. The summed E-state index contributed by atoms with van der Waals surface area (Å²) in [5, 5.41) is 3.57. The minimum atomic E-state index is 0.200. The molecule has 0 aromatic heterocycles. The molecule has 0 aromatic rings. The molecule has 1 aliphatic heterocycles. The van der Waals surface area contributed by atoms with E-state index in [1.807, 2.05) is 0 Å². The molecule has 1 heterocycles. The maximum Gasteiger partial charge on any atom is 0.0698 e. The third kappa shape index (κ3) is 1.94. The van der Waals surface area contributed by atoms with Gasteiger partial charge in [-0.3, -0.25) is 0 Å². The Bertz CT molecular complexity index is 138. The average Bonchev–Trinajstić information content (AvgIpc) is 1.98. The van der Waals surface area contributed by atoms with E-state index in [9.17, 15) is 0 Å². The summed E-state index contributed by atoms with van der Waals surface area (Å²) in [4.78, 5) is 0. The van der Waals surface area contributed by atoms with Gasteiger partial charge in [0, 0.05) is 11.6 Å². The Hall–Kier alpha value is -0.0800. The van der Waals surface area contributed by atoms with Crippen molar-refractivity contribution in [1.82, 2.24) is 5.32 Å². The van der Waals surface area contributed by atoms with Crippen LogP contribution in [-0.2, 0) is 4.74 Å². The van der Waals surface area contributed by atoms with Crippen molar-refractivity contribution < 1.29 is 4.74 Å². The molecule has 0 radical (unpaired) electrons. The monoisotopic (exact) mass is 157 g/mol. The lowest BCUT2D eigenvalue weighted by molar-refractivity contribution is -0.0446. The first kappa shape index (κ1) is 9.01. The van der Waals surface area contributed by atoms with Gasteiger partial charge in [0.25, 0.3) is 0 Å². The highest BCUT2D eigenvalue weighted by Crippen LogP contribution is 2.18. The Morgan fingerprint density at radius 3 is 2.64 bits per heavy atom. The second kappa shape index (κ2) is 3.11. The number of hydrogen-bond acceptors (Lipinski definition) is 2. The summed E-state index contributed by atoms with van der Waals surface area (Å²) in [6.45, 7) is 9.55. The molecule has 1 fully saturated rings. The van der Waals surface area contributed by atoms with Crippen LogP contribution in [0.4, 0.5) is 0 Å². The van der Waals surface area contributed by atoms with Crippen LogP contribution in [0.1, 0.15) is 34.1 Å². The Labute approximate surface area is 69.3 Å². The molecule has 0 spiro atoms. The number of ether oxygens (including phenoxy) is 1. The number of rotatable bonds is 1. The summed E-state index contributed by atoms with van der Waals surface area (Å²) in [5.41, 5.74) is 0.200. The van der Waals surface area contributed by atoms with Crippen LogP contribution in [0, 0.1) is 0 Å². The van der Waals surface area contributed by atoms with E-state index in [-0.39, 0.29) is 5.54 Å². The van der Waals surface area contributed by atoms with Crippen molar-refractivity contribution >= 4 is 0 Å². The van der Waals surface area contributed by atoms with E-state index in [1.54, 1.807) is 0 Å². The molecule has 2 nitrogen and oxygen atoms in total. The van der Waals surface area contributed by atoms with Gasteiger partial charge in [0.2, 0.25) is 0 Å². The average molecular weight is 157 g/mol. The fraction of sp³-hybridized carbons (Fsp3) is 1.00. The lowest BCUT2D eigenvalue weighted by Gasteiger charge is -2.41. The smallest absolute Gasteiger partial charge is 0.0698 e. The summed E-state index contributed by atoms with van der Waals surface area (Å²) in [6, 6.07) is 0.480. The lowest BCUT2D eigenvalue weighted by atomic mass is 9.95. The van der Waals surface area contributed by atoms with Crippen LogP contribution in [0.5, 0.6) is 0 Å². The Morgan fingerprint density at radius 1 is 1.55 bits per heavy atom. The molecule has 0 bridgehead atoms. The van der Waals surface area contributed by atoms with Crippen LogP contribution in [0.15, 0.2) is 0 Å². The number of nitrogens with one attached hydrogen (secondary N) is 1. The van der Waals surface area contributed by atoms with Crippen molar-refractivity contribution in [1.29, 1.82) is 0 Å². The highest BCUT2D eigenvalue weighted by molar-refractivity contribution is 4.90. The zero-order chi connectivity index (χ0) is 8.48. The molecule has 0 aromatic carbocycles. The molecule has 3 atom stereocenters. The fourth-order valence-corrected chi connectivity index (χ4v) is 1.37. The molecule has 0 amide bonds. The van der Waals surface area contributed by atoms with Gasteiger partial charge in [-0.25, -0.2) is 0 Å². The summed E-state index contributed by atoms with van der Waals surface area (Å²) < 4.78 is 5.63. The van der Waals surface area contributed by atoms with Gasteiger partial charge >= 0.3 is 0 Å². The topological polar surface area (TPSA) is 21.3 Å². The molecule has 1 N–H and O–H groups in total. The molecule has 2 heteroatoms. The zero-order valence-electron chi connectivity index (χ0n) is 7.98. The Morgan fingerprint density at radius 2 is 2.18 bits per heavy atom. The summed E-state index contributed by atoms with van der Waals surface area (Å²) in [5.74, 6) is 0. The van der Waals surface area contributed by atoms with Gasteiger partial charge in [-0.15, -0.1) is 0 Å². The summed E-state index contributed by atoms with van der Waals surface area (Å²) in [7, 11) is 0. The van der Waals surface area contributed by atoms with Crippen LogP contribution in [-0.4, -0.2) is 24.3 Å². The van der Waals surface area contributed by atoms with E-state index in [0.29, 0.717) is 12.1 Å². The largest absolute Gasteiger partial charge is 0.375 e. The first-order valence-electron chi connectivity index (χ1n) is 4.47. The van der Waals surface area contributed by atoms with Crippen LogP contribution < -0.4 is 5.32 Å². The highest BCUT2D eigenvalue weighted by Gasteiger charge is 2.31. The third-order valence-corrected chi connectivity index (χ3v) is 2.73. The maximum absolute atomic E-state index is 5.63. The van der Waals surface area contributed by atoms with E-state index in [2.05, 4.69) is 33.0 Å². The molecule has 66 valence electrons. The Balaban J connectivity index is 2.51. The predicted octanol–water partition coefficient (Wildman–Crippen LogP) is 1.55. The molecule has 11 heavy (non-hydrogen) atoms. The van der Waals surface area contributed by atoms with Crippen LogP contribution in [0.3, 0.4) is 0 Å². The Kier molecular flexibility index (Phi) is 2.55. The van der Waals surface area contributed by atoms with E-state index >= 15 is 0 Å². The molecule has 1 saturated heterocycles. The van der Waals surface area contributed by atoms with Crippen LogP contribution >= 0.6 is 0 Å². The standard InChI is InChI=1S/C9H19NO/c1-5-9(4)6-11-8(3)7(2)10-9/h7-8,10H,5-6H2,1-4H3. The van der Waals surface area contributed by atoms with Gasteiger partial charge in [-0.2, -0.15) is 0 Å². The first-order chi connectivity index (χ1) is 5.07. The van der Waals surface area contributed by atoms with E-state index in [0.717, 1.165) is 13.0 Å². The van der Waals surface area contributed by atoms with Gasteiger partial charge in [-0.05, 0) is 27.2 Å². The summed E-state index contributed by atoms with van der Waals surface area (Å²) in [6.07, 6.45) is 1.49. The third-order valence-electron chi connectivity index (χ3n) is 2.73. The van der Waals surface area contributed by atoms with Crippen molar-refractivity contribution in [2.24, 2.45) is 0 Å². The van der Waals surface area contributed by atoms with E-state index < -0.39 is 0 Å². The fourth-order valence-electron chi connectivity index (χ4n) is 1.37. The minimum Gasteiger partial charge on any atom is -0.375 e. The SMILES string of the molecule is CCC1(C)COC(C)C(C)N1. The molecule has 0 aliphatic carbocycles. The van der Waals surface area contributed by atoms with Crippen molar-refractivity contribution in [3.05, 3.63) is 0 Å². The molecule has 3 unspecified atom stereocenters. The number of morpholine rings is 1. The van der Waals surface area contributed by atoms with Crippen LogP contribution in [0.2, 0.25) is 0 Å². The molecule has 1 rings (SSSR count). The van der Waals surface area contributed by atoms with Crippen molar-refractivity contribution in [3.8, 4) is 0 Å². The zero-order valence-corrected chi connectivity index (χ0v) is 7.98. The first-order valence-corrected chi connectivity index (χ1v) is 4.47. The van der Waals surface area contributed by atoms with Gasteiger partial charge in [-0.1, -0.05) is 6.92 Å². The van der Waals surface area contributed by atoms with E-state index in [1.165, 1.54) is 0 Å². The normalized spacial score (nSPS) is 45.8. The van der Waals surface area contributed by atoms with Crippen molar-refractivity contribution in [2.75, 3.05) is 6.61 Å². The summed E-state index contributed by atoms with van der Waals surface area (Å²) >= 11 is 0. The molecular formula is C9H19NO. The van der Waals surface area contributed by atoms with Crippen molar-refractivity contribution in [2.45, 2.75) is 51.8 Å². The predicted molar refractivity (Wildman–Crippen MR) is 46.7 cm³/mol. The van der Waals surface area contributed by atoms with Gasteiger partial charge in [0.1, 0.15) is 0 Å². The minimum absolute atomic E-state index is 0.200. The van der Waals surface area contributed by atoms with Crippen molar-refractivity contribution in [3.63, 3.8) is 0 Å². The van der Waals surface area contributed by atoms with Gasteiger partial charge in [0.05, 0.1) is 12.7 Å². The molecular weight excluding hydrogens is 138 g/mol.